The van der Waals surface area contributed by atoms with Gasteiger partial charge in [0.15, 0.2) is 0 Å². The highest BCUT2D eigenvalue weighted by molar-refractivity contribution is 5.75. The average Bonchev–Trinajstić information content (AvgIpc) is 2.38. The second-order valence-corrected chi connectivity index (χ2v) is 4.92. The van der Waals surface area contributed by atoms with E-state index >= 15 is 0 Å². The maximum atomic E-state index is 11.7. The summed E-state index contributed by atoms with van der Waals surface area (Å²) in [6.07, 6.45) is 2.27. The molecule has 0 radical (unpaired) electrons. The minimum atomic E-state index is -0.919. The molecule has 0 spiro atoms. The summed E-state index contributed by atoms with van der Waals surface area (Å²) in [5, 5.41) is 14.2. The third-order valence-corrected chi connectivity index (χ3v) is 2.91. The van der Waals surface area contributed by atoms with E-state index < -0.39 is 5.97 Å². The molecule has 0 saturated heterocycles. The molecular weight excluding hydrogens is 258 g/mol. The number of urea groups is 1. The Balaban J connectivity index is 2.33. The molecule has 1 aromatic heterocycles. The first-order valence-electron chi connectivity index (χ1n) is 6.65. The number of amides is 2. The van der Waals surface area contributed by atoms with E-state index in [4.69, 9.17) is 5.11 Å². The highest BCUT2D eigenvalue weighted by atomic mass is 16.4. The Kier molecular flexibility index (Phi) is 6.49. The molecule has 6 heteroatoms. The number of carboxylic acids is 1. The summed E-state index contributed by atoms with van der Waals surface area (Å²) >= 11 is 0. The molecule has 1 aromatic rings. The summed E-state index contributed by atoms with van der Waals surface area (Å²) < 4.78 is 0. The van der Waals surface area contributed by atoms with Gasteiger partial charge in [0.25, 0.3) is 0 Å². The van der Waals surface area contributed by atoms with Crippen LogP contribution in [0.25, 0.3) is 0 Å². The Bertz CT molecular complexity index is 435. The van der Waals surface area contributed by atoms with Gasteiger partial charge in [-0.2, -0.15) is 0 Å². The Morgan fingerprint density at radius 3 is 2.65 bits per heavy atom. The predicted molar refractivity (Wildman–Crippen MR) is 75.4 cm³/mol. The van der Waals surface area contributed by atoms with E-state index in [2.05, 4.69) is 15.6 Å². The number of nitrogens with one attached hydrogen (secondary N) is 2. The van der Waals surface area contributed by atoms with Crippen molar-refractivity contribution in [2.24, 2.45) is 5.92 Å². The van der Waals surface area contributed by atoms with Crippen molar-refractivity contribution in [1.29, 1.82) is 0 Å². The molecule has 0 saturated carbocycles. The van der Waals surface area contributed by atoms with Crippen molar-refractivity contribution < 1.29 is 14.7 Å². The van der Waals surface area contributed by atoms with E-state index in [0.29, 0.717) is 13.0 Å². The van der Waals surface area contributed by atoms with Crippen molar-refractivity contribution in [3.8, 4) is 0 Å². The predicted octanol–water partition coefficient (Wildman–Crippen LogP) is 1.42. The van der Waals surface area contributed by atoms with Crippen LogP contribution in [0.5, 0.6) is 0 Å². The van der Waals surface area contributed by atoms with Gasteiger partial charge in [-0.15, -0.1) is 0 Å². The number of hydrogen-bond acceptors (Lipinski definition) is 3. The molecule has 0 aliphatic carbocycles. The van der Waals surface area contributed by atoms with Gasteiger partial charge < -0.3 is 15.7 Å². The smallest absolute Gasteiger partial charge is 0.315 e. The molecule has 6 nitrogen and oxygen atoms in total. The fraction of sp³-hybridized carbons (Fsp3) is 0.500. The molecule has 3 N–H and O–H groups in total. The first-order chi connectivity index (χ1) is 9.49. The van der Waals surface area contributed by atoms with Crippen LogP contribution in [0.4, 0.5) is 4.79 Å². The van der Waals surface area contributed by atoms with Crippen molar-refractivity contribution in [3.63, 3.8) is 0 Å². The molecule has 1 atom stereocenters. The number of hydrogen-bond donors (Lipinski definition) is 3. The van der Waals surface area contributed by atoms with Crippen molar-refractivity contribution in [3.05, 3.63) is 30.1 Å². The topological polar surface area (TPSA) is 91.3 Å². The number of carbonyl (C=O) groups excluding carboxylic acids is 1. The Morgan fingerprint density at radius 1 is 1.35 bits per heavy atom. The van der Waals surface area contributed by atoms with E-state index in [1.165, 1.54) is 0 Å². The van der Waals surface area contributed by atoms with Crippen LogP contribution in [0.1, 0.15) is 26.0 Å². The van der Waals surface area contributed by atoms with Gasteiger partial charge in [0.2, 0.25) is 0 Å². The van der Waals surface area contributed by atoms with Gasteiger partial charge in [0, 0.05) is 30.9 Å². The molecule has 0 aliphatic rings. The number of rotatable bonds is 7. The average molecular weight is 279 g/mol. The fourth-order valence-corrected chi connectivity index (χ4v) is 1.71. The van der Waals surface area contributed by atoms with Gasteiger partial charge in [0.05, 0.1) is 6.42 Å². The van der Waals surface area contributed by atoms with Crippen LogP contribution >= 0.6 is 0 Å². The third-order valence-electron chi connectivity index (χ3n) is 2.91. The number of carbonyl (C=O) groups is 2. The van der Waals surface area contributed by atoms with Crippen LogP contribution in [0.15, 0.2) is 24.4 Å². The zero-order valence-electron chi connectivity index (χ0n) is 11.8. The molecule has 0 bridgehead atoms. The van der Waals surface area contributed by atoms with Crippen molar-refractivity contribution in [2.45, 2.75) is 32.7 Å². The van der Waals surface area contributed by atoms with Gasteiger partial charge in [-0.25, -0.2) is 4.79 Å². The van der Waals surface area contributed by atoms with Gasteiger partial charge in [-0.05, 0) is 18.1 Å². The molecule has 0 aromatic carbocycles. The van der Waals surface area contributed by atoms with Crippen LogP contribution in [0, 0.1) is 5.92 Å². The van der Waals surface area contributed by atoms with E-state index in [0.717, 1.165) is 5.69 Å². The highest BCUT2D eigenvalue weighted by Crippen LogP contribution is 2.05. The van der Waals surface area contributed by atoms with Crippen LogP contribution in [-0.2, 0) is 11.2 Å². The van der Waals surface area contributed by atoms with Crippen LogP contribution in [0.2, 0.25) is 0 Å². The van der Waals surface area contributed by atoms with Crippen LogP contribution < -0.4 is 10.6 Å². The van der Waals surface area contributed by atoms with E-state index in [1.54, 1.807) is 6.20 Å². The number of carboxylic acid groups (broad SMARTS) is 1. The second-order valence-electron chi connectivity index (χ2n) is 4.92. The lowest BCUT2D eigenvalue weighted by Gasteiger charge is -2.20. The summed E-state index contributed by atoms with van der Waals surface area (Å²) in [4.78, 5) is 26.6. The first-order valence-corrected chi connectivity index (χ1v) is 6.65. The maximum absolute atomic E-state index is 11.7. The monoisotopic (exact) mass is 279 g/mol. The Labute approximate surface area is 118 Å². The number of pyridine rings is 1. The molecule has 2 amide bonds. The normalized spacial score (nSPS) is 11.9. The molecule has 0 fully saturated rings. The summed E-state index contributed by atoms with van der Waals surface area (Å²) in [5.41, 5.74) is 0.902. The summed E-state index contributed by atoms with van der Waals surface area (Å²) in [7, 11) is 0. The van der Waals surface area contributed by atoms with E-state index in [-0.39, 0.29) is 24.4 Å². The molecular formula is C14H21N3O3. The van der Waals surface area contributed by atoms with Crippen molar-refractivity contribution in [2.75, 3.05) is 6.54 Å². The Hall–Kier alpha value is -2.11. The van der Waals surface area contributed by atoms with Gasteiger partial charge in [0.1, 0.15) is 0 Å². The third kappa shape index (κ3) is 6.17. The molecule has 1 heterocycles. The van der Waals surface area contributed by atoms with E-state index in [9.17, 15) is 9.59 Å². The highest BCUT2D eigenvalue weighted by Gasteiger charge is 2.18. The second kappa shape index (κ2) is 8.14. The maximum Gasteiger partial charge on any atom is 0.315 e. The molecule has 1 rings (SSSR count). The quantitative estimate of drug-likeness (QED) is 0.704. The zero-order chi connectivity index (χ0) is 15.0. The standard InChI is InChI=1S/C14H21N3O3/c1-10(2)12(9-13(18)19)17-14(20)16-8-6-11-5-3-4-7-15-11/h3-5,7,10,12H,6,8-9H2,1-2H3,(H,18,19)(H2,16,17,20). The lowest BCUT2D eigenvalue weighted by molar-refractivity contribution is -0.137. The Morgan fingerprint density at radius 2 is 2.10 bits per heavy atom. The first kappa shape index (κ1) is 15.9. The minimum absolute atomic E-state index is 0.0626. The summed E-state index contributed by atoms with van der Waals surface area (Å²) in [6, 6.07) is 4.90. The lowest BCUT2D eigenvalue weighted by Crippen LogP contribution is -2.45. The minimum Gasteiger partial charge on any atom is -0.481 e. The van der Waals surface area contributed by atoms with Crippen LogP contribution in [-0.4, -0.2) is 34.7 Å². The summed E-state index contributed by atoms with van der Waals surface area (Å²) in [6.45, 7) is 4.21. The fourth-order valence-electron chi connectivity index (χ4n) is 1.71. The number of nitrogens with zero attached hydrogens (tertiary/aromatic N) is 1. The van der Waals surface area contributed by atoms with Crippen LogP contribution in [0.3, 0.4) is 0 Å². The lowest BCUT2D eigenvalue weighted by atomic mass is 10.0. The van der Waals surface area contributed by atoms with Gasteiger partial charge >= 0.3 is 12.0 Å². The zero-order valence-corrected chi connectivity index (χ0v) is 11.8. The van der Waals surface area contributed by atoms with Crippen molar-refractivity contribution in [1.82, 2.24) is 15.6 Å². The molecule has 110 valence electrons. The molecule has 20 heavy (non-hydrogen) atoms. The summed E-state index contributed by atoms with van der Waals surface area (Å²) in [5.74, 6) is -0.856. The van der Waals surface area contributed by atoms with Crippen molar-refractivity contribution >= 4 is 12.0 Å². The molecule has 0 aliphatic heterocycles. The largest absolute Gasteiger partial charge is 0.481 e. The number of aromatic nitrogens is 1. The SMILES string of the molecule is CC(C)C(CC(=O)O)NC(=O)NCCc1ccccn1. The number of aliphatic carboxylic acids is 1. The molecule has 1 unspecified atom stereocenters. The van der Waals surface area contributed by atoms with E-state index in [1.807, 2.05) is 32.0 Å². The van der Waals surface area contributed by atoms with Gasteiger partial charge in [-0.3, -0.25) is 9.78 Å². The van der Waals surface area contributed by atoms with Gasteiger partial charge in [-0.1, -0.05) is 19.9 Å².